The number of halogens is 3. The highest BCUT2D eigenvalue weighted by Crippen LogP contribution is 2.23. The van der Waals surface area contributed by atoms with E-state index in [-0.39, 0.29) is 18.2 Å². The van der Waals surface area contributed by atoms with Crippen molar-refractivity contribution in [2.75, 3.05) is 32.1 Å². The number of alkyl halides is 3. The van der Waals surface area contributed by atoms with Gasteiger partial charge in [-0.05, 0) is 49.9 Å². The molecule has 0 aliphatic carbocycles. The van der Waals surface area contributed by atoms with Gasteiger partial charge in [0.15, 0.2) is 0 Å². The second-order valence-corrected chi connectivity index (χ2v) is 5.87. The van der Waals surface area contributed by atoms with E-state index in [4.69, 9.17) is 4.74 Å². The summed E-state index contributed by atoms with van der Waals surface area (Å²) in [5, 5.41) is 2.63. The number of benzene rings is 2. The first-order valence-corrected chi connectivity index (χ1v) is 8.34. The normalized spacial score (nSPS) is 11.3. The number of ether oxygens (including phenoxy) is 2. The van der Waals surface area contributed by atoms with Gasteiger partial charge in [0.25, 0.3) is 0 Å². The summed E-state index contributed by atoms with van der Waals surface area (Å²) in [5.74, 6) is 0.206. The van der Waals surface area contributed by atoms with Crippen molar-refractivity contribution in [2.24, 2.45) is 0 Å². The molecule has 8 heteroatoms. The maximum absolute atomic E-state index is 12.1. The maximum atomic E-state index is 12.1. The van der Waals surface area contributed by atoms with Crippen LogP contribution in [0.1, 0.15) is 6.42 Å². The van der Waals surface area contributed by atoms with Gasteiger partial charge in [-0.1, -0.05) is 18.2 Å². The van der Waals surface area contributed by atoms with Gasteiger partial charge in [0.2, 0.25) is 5.91 Å². The average Bonchev–Trinajstić information content (AvgIpc) is 2.60. The van der Waals surface area contributed by atoms with E-state index in [2.05, 4.69) is 10.1 Å². The van der Waals surface area contributed by atoms with Crippen molar-refractivity contribution in [2.45, 2.75) is 12.8 Å². The summed E-state index contributed by atoms with van der Waals surface area (Å²) >= 11 is 0. The van der Waals surface area contributed by atoms with Crippen LogP contribution in [0.4, 0.5) is 18.9 Å². The van der Waals surface area contributed by atoms with Crippen LogP contribution in [0, 0.1) is 0 Å². The number of nitrogens with zero attached hydrogens (tertiary/aromatic N) is 1. The van der Waals surface area contributed by atoms with E-state index in [1.165, 1.54) is 12.1 Å². The van der Waals surface area contributed by atoms with Crippen molar-refractivity contribution in [3.8, 4) is 11.5 Å². The van der Waals surface area contributed by atoms with Crippen LogP contribution in [0.25, 0.3) is 0 Å². The second-order valence-electron chi connectivity index (χ2n) is 5.87. The first-order chi connectivity index (χ1) is 12.8. The molecule has 0 atom stereocenters. The minimum Gasteiger partial charge on any atom is -0.494 e. The van der Waals surface area contributed by atoms with Crippen LogP contribution in [0.15, 0.2) is 54.6 Å². The molecule has 2 aromatic carbocycles. The van der Waals surface area contributed by atoms with Crippen molar-refractivity contribution in [3.05, 3.63) is 54.6 Å². The summed E-state index contributed by atoms with van der Waals surface area (Å²) in [4.78, 5) is 13.8. The lowest BCUT2D eigenvalue weighted by molar-refractivity contribution is -0.274. The molecular weight excluding hydrogens is 361 g/mol. The Bertz CT molecular complexity index is 706. The number of carbonyl (C=O) groups is 1. The predicted octanol–water partition coefficient (Wildman–Crippen LogP) is 3.92. The molecule has 0 aliphatic heterocycles. The minimum atomic E-state index is -4.74. The molecule has 1 amide bonds. The van der Waals surface area contributed by atoms with Crippen molar-refractivity contribution >= 4 is 11.6 Å². The smallest absolute Gasteiger partial charge is 0.494 e. The lowest BCUT2D eigenvalue weighted by Crippen LogP contribution is -2.31. The van der Waals surface area contributed by atoms with Gasteiger partial charge in [-0.3, -0.25) is 9.69 Å². The molecule has 0 saturated heterocycles. The van der Waals surface area contributed by atoms with E-state index in [0.29, 0.717) is 18.8 Å². The quantitative estimate of drug-likeness (QED) is 0.668. The van der Waals surface area contributed by atoms with E-state index in [0.717, 1.165) is 24.3 Å². The zero-order chi connectivity index (χ0) is 19.7. The van der Waals surface area contributed by atoms with Gasteiger partial charge in [-0.2, -0.15) is 0 Å². The van der Waals surface area contributed by atoms with Crippen LogP contribution in [-0.2, 0) is 4.79 Å². The molecule has 0 unspecified atom stereocenters. The van der Waals surface area contributed by atoms with Crippen LogP contribution >= 0.6 is 0 Å². The molecule has 0 saturated carbocycles. The number of carbonyl (C=O) groups excluding carboxylic acids is 1. The molecule has 0 aliphatic rings. The first-order valence-electron chi connectivity index (χ1n) is 8.34. The van der Waals surface area contributed by atoms with Crippen LogP contribution in [0.2, 0.25) is 0 Å². The molecule has 0 heterocycles. The Kier molecular flexibility index (Phi) is 7.48. The molecule has 146 valence electrons. The van der Waals surface area contributed by atoms with E-state index >= 15 is 0 Å². The molecule has 0 aromatic heterocycles. The molecule has 2 aromatic rings. The van der Waals surface area contributed by atoms with E-state index in [1.807, 2.05) is 42.3 Å². The fourth-order valence-electron chi connectivity index (χ4n) is 2.31. The third kappa shape index (κ3) is 8.46. The largest absolute Gasteiger partial charge is 0.573 e. The maximum Gasteiger partial charge on any atom is 0.573 e. The SMILES string of the molecule is CN(CCCOc1ccccc1)CC(=O)Nc1ccc(OC(F)(F)F)cc1. The third-order valence-electron chi connectivity index (χ3n) is 3.48. The standard InChI is InChI=1S/C19H21F3N2O3/c1-24(12-5-13-26-16-6-3-2-4-7-16)14-18(25)23-15-8-10-17(11-9-15)27-19(20,21)22/h2-4,6-11H,5,12-14H2,1H3,(H,23,25). The summed E-state index contributed by atoms with van der Waals surface area (Å²) < 4.78 is 45.7. The second kappa shape index (κ2) is 9.82. The number of anilines is 1. The predicted molar refractivity (Wildman–Crippen MR) is 95.8 cm³/mol. The van der Waals surface area contributed by atoms with E-state index in [9.17, 15) is 18.0 Å². The Morgan fingerprint density at radius 1 is 1.04 bits per heavy atom. The molecule has 1 N–H and O–H groups in total. The number of rotatable bonds is 9. The number of hydrogen-bond acceptors (Lipinski definition) is 4. The topological polar surface area (TPSA) is 50.8 Å². The summed E-state index contributed by atoms with van der Waals surface area (Å²) in [7, 11) is 1.81. The summed E-state index contributed by atoms with van der Waals surface area (Å²) in [5.41, 5.74) is 0.398. The Morgan fingerprint density at radius 3 is 2.33 bits per heavy atom. The van der Waals surface area contributed by atoms with Crippen molar-refractivity contribution in [3.63, 3.8) is 0 Å². The zero-order valence-corrected chi connectivity index (χ0v) is 14.8. The highest BCUT2D eigenvalue weighted by Gasteiger charge is 2.30. The van der Waals surface area contributed by atoms with Gasteiger partial charge in [0.1, 0.15) is 11.5 Å². The van der Waals surface area contributed by atoms with Crippen LogP contribution in [0.5, 0.6) is 11.5 Å². The zero-order valence-electron chi connectivity index (χ0n) is 14.8. The van der Waals surface area contributed by atoms with Crippen LogP contribution in [0.3, 0.4) is 0 Å². The Balaban J connectivity index is 1.67. The highest BCUT2D eigenvalue weighted by atomic mass is 19.4. The van der Waals surface area contributed by atoms with Gasteiger partial charge >= 0.3 is 6.36 Å². The fourth-order valence-corrected chi connectivity index (χ4v) is 2.31. The van der Waals surface area contributed by atoms with Crippen molar-refractivity contribution in [1.82, 2.24) is 4.90 Å². The Morgan fingerprint density at radius 2 is 1.70 bits per heavy atom. The lowest BCUT2D eigenvalue weighted by atomic mass is 10.3. The molecule has 27 heavy (non-hydrogen) atoms. The van der Waals surface area contributed by atoms with Gasteiger partial charge in [-0.25, -0.2) is 0 Å². The Hall–Kier alpha value is -2.74. The third-order valence-corrected chi connectivity index (χ3v) is 3.48. The summed E-state index contributed by atoms with van der Waals surface area (Å²) in [6.07, 6.45) is -3.99. The van der Waals surface area contributed by atoms with Crippen LogP contribution in [-0.4, -0.2) is 43.9 Å². The van der Waals surface area contributed by atoms with E-state index < -0.39 is 6.36 Å². The van der Waals surface area contributed by atoms with E-state index in [1.54, 1.807) is 0 Å². The number of amides is 1. The molecule has 0 bridgehead atoms. The molecule has 0 fully saturated rings. The molecule has 0 radical (unpaired) electrons. The Labute approximate surface area is 155 Å². The lowest BCUT2D eigenvalue weighted by Gasteiger charge is -2.16. The minimum absolute atomic E-state index is 0.159. The highest BCUT2D eigenvalue weighted by molar-refractivity contribution is 5.92. The molecule has 5 nitrogen and oxygen atoms in total. The van der Waals surface area contributed by atoms with Crippen molar-refractivity contribution < 1.29 is 27.4 Å². The molecule has 2 rings (SSSR count). The summed E-state index contributed by atoms with van der Waals surface area (Å²) in [6, 6.07) is 14.5. The molecular formula is C19H21F3N2O3. The van der Waals surface area contributed by atoms with Gasteiger partial charge < -0.3 is 14.8 Å². The van der Waals surface area contributed by atoms with Gasteiger partial charge in [0, 0.05) is 12.2 Å². The number of hydrogen-bond donors (Lipinski definition) is 1. The summed E-state index contributed by atoms with van der Waals surface area (Å²) in [6.45, 7) is 1.36. The van der Waals surface area contributed by atoms with Crippen LogP contribution < -0.4 is 14.8 Å². The average molecular weight is 382 g/mol. The monoisotopic (exact) mass is 382 g/mol. The van der Waals surface area contributed by atoms with Crippen molar-refractivity contribution in [1.29, 1.82) is 0 Å². The molecule has 0 spiro atoms. The number of para-hydroxylation sites is 1. The van der Waals surface area contributed by atoms with Gasteiger partial charge in [-0.15, -0.1) is 13.2 Å². The number of likely N-dealkylation sites (N-methyl/N-ethyl adjacent to an activating group) is 1. The first kappa shape index (κ1) is 20.6. The number of nitrogens with one attached hydrogen (secondary N) is 1. The van der Waals surface area contributed by atoms with Gasteiger partial charge in [0.05, 0.1) is 13.2 Å². The fraction of sp³-hybridized carbons (Fsp3) is 0.316.